The molecule has 8 heteroatoms. The number of amides is 2. The summed E-state index contributed by atoms with van der Waals surface area (Å²) in [7, 11) is 0. The Bertz CT molecular complexity index is 1160. The summed E-state index contributed by atoms with van der Waals surface area (Å²) >= 11 is 0. The Morgan fingerprint density at radius 2 is 2.03 bits per heavy atom. The Morgan fingerprint density at radius 1 is 1.21 bits per heavy atom. The number of nitrogens with zero attached hydrogens (tertiary/aromatic N) is 2. The predicted octanol–water partition coefficient (Wildman–Crippen LogP) is 4.77. The average Bonchev–Trinajstić information content (AvgIpc) is 3.06. The van der Waals surface area contributed by atoms with Crippen molar-refractivity contribution in [3.8, 4) is 0 Å². The van der Waals surface area contributed by atoms with E-state index in [4.69, 9.17) is 0 Å². The van der Waals surface area contributed by atoms with Gasteiger partial charge in [-0.2, -0.15) is 0 Å². The van der Waals surface area contributed by atoms with Gasteiger partial charge >= 0.3 is 0 Å². The van der Waals surface area contributed by atoms with Gasteiger partial charge in [0.15, 0.2) is 5.78 Å². The molecule has 2 aliphatic rings. The third-order valence-electron chi connectivity index (χ3n) is 5.91. The second-order valence-corrected chi connectivity index (χ2v) is 8.19. The summed E-state index contributed by atoms with van der Waals surface area (Å²) < 4.78 is 28.0. The van der Waals surface area contributed by atoms with E-state index in [1.807, 2.05) is 0 Å². The summed E-state index contributed by atoms with van der Waals surface area (Å²) in [6, 6.07) is 6.90. The number of rotatable bonds is 7. The lowest BCUT2D eigenvalue weighted by molar-refractivity contribution is -0.116. The monoisotopic (exact) mass is 451 g/mol. The molecular formula is C25H23F2N3O3. The Hall–Kier alpha value is -3.68. The number of hydrogen-bond donors (Lipinski definition) is 1. The highest BCUT2D eigenvalue weighted by atomic mass is 19.1. The molecular weight excluding hydrogens is 428 g/mol. The highest BCUT2D eigenvalue weighted by molar-refractivity contribution is 5.99. The zero-order valence-electron chi connectivity index (χ0n) is 18.1. The van der Waals surface area contributed by atoms with Crippen LogP contribution in [0.1, 0.15) is 58.5 Å². The lowest BCUT2D eigenvalue weighted by atomic mass is 9.97. The zero-order chi connectivity index (χ0) is 23.5. The Balaban J connectivity index is 1.47. The molecule has 0 bridgehead atoms. The maximum atomic E-state index is 14.7. The molecule has 0 radical (unpaired) electrons. The minimum atomic E-state index is -0.600. The lowest BCUT2D eigenvalue weighted by Gasteiger charge is -2.29. The molecule has 1 aliphatic carbocycles. The van der Waals surface area contributed by atoms with Crippen LogP contribution in [0.15, 0.2) is 60.6 Å². The maximum absolute atomic E-state index is 14.7. The molecule has 2 heterocycles. The smallest absolute Gasteiger partial charge is 0.254 e. The van der Waals surface area contributed by atoms with E-state index in [9.17, 15) is 23.2 Å². The van der Waals surface area contributed by atoms with Crippen molar-refractivity contribution in [1.29, 1.82) is 0 Å². The van der Waals surface area contributed by atoms with Crippen molar-refractivity contribution in [1.82, 2.24) is 9.88 Å². The Kier molecular flexibility index (Phi) is 6.44. The molecule has 2 atom stereocenters. The molecule has 1 aliphatic heterocycles. The molecule has 1 aromatic carbocycles. The van der Waals surface area contributed by atoms with Crippen molar-refractivity contribution in [3.05, 3.63) is 83.1 Å². The summed E-state index contributed by atoms with van der Waals surface area (Å²) in [5.41, 5.74) is 1.02. The number of anilines is 1. The fourth-order valence-electron chi connectivity index (χ4n) is 4.20. The molecule has 0 spiro atoms. The van der Waals surface area contributed by atoms with Gasteiger partial charge in [0.1, 0.15) is 17.5 Å². The van der Waals surface area contributed by atoms with Crippen LogP contribution in [-0.2, 0) is 4.79 Å². The first-order valence-electron chi connectivity index (χ1n) is 10.7. The summed E-state index contributed by atoms with van der Waals surface area (Å²) in [5.74, 6) is -1.34. The quantitative estimate of drug-likeness (QED) is 0.615. The van der Waals surface area contributed by atoms with Crippen molar-refractivity contribution in [2.45, 2.75) is 32.2 Å². The van der Waals surface area contributed by atoms with Gasteiger partial charge in [-0.05, 0) is 62.1 Å². The number of benzene rings is 1. The Labute approximate surface area is 190 Å². The number of carbonyl (C=O) groups excluding carboxylic acids is 3. The second-order valence-electron chi connectivity index (χ2n) is 8.19. The van der Waals surface area contributed by atoms with Crippen LogP contribution in [0.2, 0.25) is 0 Å². The van der Waals surface area contributed by atoms with Crippen LogP contribution in [0, 0.1) is 11.7 Å². The van der Waals surface area contributed by atoms with E-state index in [2.05, 4.69) is 10.3 Å². The van der Waals surface area contributed by atoms with E-state index < -0.39 is 11.9 Å². The average molecular weight is 451 g/mol. The SMILES string of the molecule is CC(=O)c1ccc(NC(=O)CCC2c3c(F)cccc3C(=O)N2CC2C=CC(F)=CC2)nc1. The fraction of sp³-hybridized carbons (Fsp3) is 0.280. The van der Waals surface area contributed by atoms with Gasteiger partial charge in [-0.15, -0.1) is 0 Å². The molecule has 0 saturated carbocycles. The first-order valence-corrected chi connectivity index (χ1v) is 10.7. The van der Waals surface area contributed by atoms with Crippen LogP contribution in [0.3, 0.4) is 0 Å². The van der Waals surface area contributed by atoms with Crippen molar-refractivity contribution < 1.29 is 23.2 Å². The van der Waals surface area contributed by atoms with Gasteiger partial charge in [0, 0.05) is 35.9 Å². The molecule has 4 rings (SSSR count). The van der Waals surface area contributed by atoms with E-state index in [0.717, 1.165) is 0 Å². The molecule has 0 saturated heterocycles. The molecule has 2 amide bonds. The summed E-state index contributed by atoms with van der Waals surface area (Å²) in [6.45, 7) is 1.73. The number of hydrogen-bond acceptors (Lipinski definition) is 4. The second kappa shape index (κ2) is 9.44. The normalized spacial score (nSPS) is 19.3. The standard InChI is InChI=1S/C25H23F2N3O3/c1-15(31)17-7-11-22(28-13-17)29-23(32)12-10-21-24-19(3-2-4-20(24)27)25(33)30(21)14-16-5-8-18(26)9-6-16/h2-5,7-9,11,13,16,21H,6,10,12,14H2,1H3,(H,28,29,32). The highest BCUT2D eigenvalue weighted by Crippen LogP contribution is 2.39. The fourth-order valence-corrected chi connectivity index (χ4v) is 4.20. The van der Waals surface area contributed by atoms with E-state index in [-0.39, 0.29) is 42.2 Å². The van der Waals surface area contributed by atoms with Gasteiger partial charge in [-0.3, -0.25) is 14.4 Å². The van der Waals surface area contributed by atoms with Crippen LogP contribution in [0.25, 0.3) is 0 Å². The van der Waals surface area contributed by atoms with E-state index in [0.29, 0.717) is 35.5 Å². The number of carbonyl (C=O) groups is 3. The van der Waals surface area contributed by atoms with Crippen LogP contribution in [0.5, 0.6) is 0 Å². The molecule has 0 fully saturated rings. The van der Waals surface area contributed by atoms with E-state index >= 15 is 0 Å². The largest absolute Gasteiger partial charge is 0.331 e. The minimum Gasteiger partial charge on any atom is -0.331 e. The van der Waals surface area contributed by atoms with E-state index in [1.54, 1.807) is 23.1 Å². The number of Topliss-reactive ketones (excluding diaryl/α,β-unsaturated/α-hetero) is 1. The van der Waals surface area contributed by atoms with Gasteiger partial charge in [-0.25, -0.2) is 13.8 Å². The van der Waals surface area contributed by atoms with Gasteiger partial charge in [0.25, 0.3) is 5.91 Å². The number of allylic oxidation sites excluding steroid dienone is 3. The number of pyridine rings is 1. The molecule has 1 N–H and O–H groups in total. The van der Waals surface area contributed by atoms with Crippen LogP contribution in [0.4, 0.5) is 14.6 Å². The summed E-state index contributed by atoms with van der Waals surface area (Å²) in [5, 5.41) is 2.66. The molecule has 1 aromatic heterocycles. The maximum Gasteiger partial charge on any atom is 0.254 e. The zero-order valence-corrected chi connectivity index (χ0v) is 18.1. The van der Waals surface area contributed by atoms with Crippen LogP contribution >= 0.6 is 0 Å². The number of ketones is 1. The first kappa shape index (κ1) is 22.5. The third kappa shape index (κ3) is 4.89. The summed E-state index contributed by atoms with van der Waals surface area (Å²) in [4.78, 5) is 42.5. The molecule has 2 unspecified atom stereocenters. The van der Waals surface area contributed by atoms with Gasteiger partial charge in [0.05, 0.1) is 6.04 Å². The number of nitrogens with one attached hydrogen (secondary N) is 1. The third-order valence-corrected chi connectivity index (χ3v) is 5.91. The predicted molar refractivity (Wildman–Crippen MR) is 119 cm³/mol. The first-order chi connectivity index (χ1) is 15.8. The molecule has 33 heavy (non-hydrogen) atoms. The summed E-state index contributed by atoms with van der Waals surface area (Å²) in [6.07, 6.45) is 6.63. The number of aromatic nitrogens is 1. The van der Waals surface area contributed by atoms with Crippen LogP contribution < -0.4 is 5.32 Å². The van der Waals surface area contributed by atoms with Gasteiger partial charge in [0.2, 0.25) is 5.91 Å². The molecule has 170 valence electrons. The molecule has 6 nitrogen and oxygen atoms in total. The van der Waals surface area contributed by atoms with E-state index in [1.165, 1.54) is 43.5 Å². The van der Waals surface area contributed by atoms with Crippen LogP contribution in [-0.4, -0.2) is 34.0 Å². The van der Waals surface area contributed by atoms with Gasteiger partial charge in [-0.1, -0.05) is 12.1 Å². The number of fused-ring (bicyclic) bond motifs is 1. The molecule has 2 aromatic rings. The van der Waals surface area contributed by atoms with Crippen molar-refractivity contribution in [2.24, 2.45) is 5.92 Å². The Morgan fingerprint density at radius 3 is 2.70 bits per heavy atom. The van der Waals surface area contributed by atoms with Crippen molar-refractivity contribution >= 4 is 23.4 Å². The minimum absolute atomic E-state index is 0.0351. The van der Waals surface area contributed by atoms with Crippen molar-refractivity contribution in [3.63, 3.8) is 0 Å². The number of halogens is 2. The highest BCUT2D eigenvalue weighted by Gasteiger charge is 2.39. The topological polar surface area (TPSA) is 79.4 Å². The lowest BCUT2D eigenvalue weighted by Crippen LogP contribution is -2.33. The van der Waals surface area contributed by atoms with Gasteiger partial charge < -0.3 is 10.2 Å². The van der Waals surface area contributed by atoms with Crippen molar-refractivity contribution in [2.75, 3.05) is 11.9 Å².